The summed E-state index contributed by atoms with van der Waals surface area (Å²) in [6.45, 7) is 2.91. The summed E-state index contributed by atoms with van der Waals surface area (Å²) in [5.74, 6) is -0.219. The van der Waals surface area contributed by atoms with Crippen molar-refractivity contribution in [2.75, 3.05) is 16.0 Å². The Morgan fingerprint density at radius 2 is 1.45 bits per heavy atom. The van der Waals surface area contributed by atoms with Crippen molar-refractivity contribution >= 4 is 40.5 Å². The van der Waals surface area contributed by atoms with Gasteiger partial charge in [-0.25, -0.2) is 0 Å². The highest BCUT2D eigenvalue weighted by Crippen LogP contribution is 2.18. The fourth-order valence-electron chi connectivity index (χ4n) is 2.56. The average Bonchev–Trinajstić information content (AvgIpc) is 2.68. The molecule has 0 fully saturated rings. The van der Waals surface area contributed by atoms with E-state index in [-0.39, 0.29) is 17.4 Å². The molecule has 0 atom stereocenters. The van der Waals surface area contributed by atoms with Gasteiger partial charge in [0.05, 0.1) is 0 Å². The molecule has 29 heavy (non-hydrogen) atoms. The van der Waals surface area contributed by atoms with Gasteiger partial charge in [0.2, 0.25) is 5.91 Å². The molecule has 0 unspecified atom stereocenters. The predicted octanol–water partition coefficient (Wildman–Crippen LogP) is 3.63. The molecule has 0 aliphatic carbocycles. The van der Waals surface area contributed by atoms with E-state index in [0.717, 1.165) is 0 Å². The first-order valence-corrected chi connectivity index (χ1v) is 8.81. The zero-order chi connectivity index (χ0) is 20.8. The number of aromatic nitrogens is 2. The second-order valence-electron chi connectivity index (χ2n) is 6.28. The molecule has 0 radical (unpaired) electrons. The molecule has 3 N–H and O–H groups in total. The Bertz CT molecular complexity index is 1060. The Balaban J connectivity index is 1.67. The molecule has 0 saturated carbocycles. The Kier molecular flexibility index (Phi) is 5.94. The second-order valence-corrected chi connectivity index (χ2v) is 6.28. The number of amides is 2. The molecule has 146 valence electrons. The number of hydrogen-bond donors (Lipinski definition) is 3. The molecule has 0 saturated heterocycles. The minimum Gasteiger partial charge on any atom is -0.339 e. The summed E-state index contributed by atoms with van der Waals surface area (Å²) < 4.78 is 0. The van der Waals surface area contributed by atoms with Gasteiger partial charge < -0.3 is 16.0 Å². The smallest absolute Gasteiger partial charge is 0.276 e. The quantitative estimate of drug-likeness (QED) is 0.555. The standard InChI is InChI=1S/C21H19N5O3/c1-13(27)15-5-3-6-16(11-15)23-20-10-9-19(25-26-20)21(29)24-18-8-4-7-17(12-18)22-14(2)28/h3-12H,1-2H3,(H,22,28)(H,23,26)(H,24,29). The lowest BCUT2D eigenvalue weighted by Crippen LogP contribution is -2.15. The third kappa shape index (κ3) is 5.46. The van der Waals surface area contributed by atoms with Crippen LogP contribution in [0.15, 0.2) is 60.7 Å². The Hall–Kier alpha value is -4.07. The van der Waals surface area contributed by atoms with E-state index in [1.807, 2.05) is 0 Å². The molecule has 3 rings (SSSR count). The van der Waals surface area contributed by atoms with Gasteiger partial charge in [0, 0.05) is 29.5 Å². The van der Waals surface area contributed by atoms with Crippen molar-refractivity contribution < 1.29 is 14.4 Å². The van der Waals surface area contributed by atoms with Crippen LogP contribution in [0.1, 0.15) is 34.7 Å². The lowest BCUT2D eigenvalue weighted by molar-refractivity contribution is -0.114. The largest absolute Gasteiger partial charge is 0.339 e. The maximum absolute atomic E-state index is 12.4. The number of benzene rings is 2. The molecular formula is C21H19N5O3. The number of Topliss-reactive ketones (excluding diaryl/α,β-unsaturated/α-hetero) is 1. The molecule has 1 aromatic heterocycles. The number of nitrogens with zero attached hydrogens (tertiary/aromatic N) is 2. The summed E-state index contributed by atoms with van der Waals surface area (Å²) in [5.41, 5.74) is 2.51. The highest BCUT2D eigenvalue weighted by atomic mass is 16.2. The minimum absolute atomic E-state index is 0.0330. The van der Waals surface area contributed by atoms with Crippen LogP contribution >= 0.6 is 0 Å². The maximum Gasteiger partial charge on any atom is 0.276 e. The normalized spacial score (nSPS) is 10.1. The average molecular weight is 389 g/mol. The van der Waals surface area contributed by atoms with E-state index in [9.17, 15) is 14.4 Å². The number of hydrogen-bond acceptors (Lipinski definition) is 6. The monoisotopic (exact) mass is 389 g/mol. The van der Waals surface area contributed by atoms with Gasteiger partial charge in [0.15, 0.2) is 17.3 Å². The molecule has 0 bridgehead atoms. The lowest BCUT2D eigenvalue weighted by atomic mass is 10.1. The molecule has 0 spiro atoms. The van der Waals surface area contributed by atoms with E-state index in [1.54, 1.807) is 54.6 Å². The van der Waals surface area contributed by atoms with Crippen molar-refractivity contribution in [1.82, 2.24) is 10.2 Å². The van der Waals surface area contributed by atoms with Gasteiger partial charge in [0.1, 0.15) is 0 Å². The molecule has 3 aromatic rings. The van der Waals surface area contributed by atoms with Gasteiger partial charge in [0.25, 0.3) is 5.91 Å². The van der Waals surface area contributed by atoms with Crippen molar-refractivity contribution in [3.8, 4) is 0 Å². The first-order chi connectivity index (χ1) is 13.9. The van der Waals surface area contributed by atoms with E-state index < -0.39 is 5.91 Å². The first-order valence-electron chi connectivity index (χ1n) is 8.81. The number of rotatable bonds is 6. The number of carbonyl (C=O) groups is 3. The van der Waals surface area contributed by atoms with E-state index in [0.29, 0.717) is 28.4 Å². The van der Waals surface area contributed by atoms with Crippen LogP contribution in [-0.2, 0) is 4.79 Å². The molecule has 1 heterocycles. The molecule has 0 aliphatic rings. The number of anilines is 4. The van der Waals surface area contributed by atoms with Crippen LogP contribution < -0.4 is 16.0 Å². The van der Waals surface area contributed by atoms with Crippen LogP contribution in [0, 0.1) is 0 Å². The van der Waals surface area contributed by atoms with Gasteiger partial charge in [-0.3, -0.25) is 14.4 Å². The van der Waals surface area contributed by atoms with E-state index >= 15 is 0 Å². The molecule has 8 heteroatoms. The van der Waals surface area contributed by atoms with Gasteiger partial charge in [-0.15, -0.1) is 10.2 Å². The highest BCUT2D eigenvalue weighted by molar-refractivity contribution is 6.03. The van der Waals surface area contributed by atoms with Crippen LogP contribution in [0.25, 0.3) is 0 Å². The van der Waals surface area contributed by atoms with Crippen molar-refractivity contribution in [1.29, 1.82) is 0 Å². The molecule has 0 aliphatic heterocycles. The summed E-state index contributed by atoms with van der Waals surface area (Å²) in [4.78, 5) is 35.0. The topological polar surface area (TPSA) is 113 Å². The zero-order valence-corrected chi connectivity index (χ0v) is 15.9. The van der Waals surface area contributed by atoms with Crippen molar-refractivity contribution in [3.63, 3.8) is 0 Å². The van der Waals surface area contributed by atoms with Crippen LogP contribution in [0.4, 0.5) is 22.9 Å². The highest BCUT2D eigenvalue weighted by Gasteiger charge is 2.10. The maximum atomic E-state index is 12.4. The summed E-state index contributed by atoms with van der Waals surface area (Å²) >= 11 is 0. The van der Waals surface area contributed by atoms with E-state index in [2.05, 4.69) is 26.1 Å². The Morgan fingerprint density at radius 3 is 2.10 bits per heavy atom. The first kappa shape index (κ1) is 19.7. The van der Waals surface area contributed by atoms with Crippen molar-refractivity contribution in [3.05, 3.63) is 71.9 Å². The van der Waals surface area contributed by atoms with Crippen LogP contribution in [0.2, 0.25) is 0 Å². The van der Waals surface area contributed by atoms with E-state index in [4.69, 9.17) is 0 Å². The number of ketones is 1. The minimum atomic E-state index is -0.428. The lowest BCUT2D eigenvalue weighted by Gasteiger charge is -2.08. The summed E-state index contributed by atoms with van der Waals surface area (Å²) in [6, 6.07) is 17.0. The fraction of sp³-hybridized carbons (Fsp3) is 0.0952. The second kappa shape index (κ2) is 8.75. The molecule has 8 nitrogen and oxygen atoms in total. The van der Waals surface area contributed by atoms with Gasteiger partial charge in [-0.2, -0.15) is 0 Å². The SMILES string of the molecule is CC(=O)Nc1cccc(NC(=O)c2ccc(Nc3cccc(C(C)=O)c3)nn2)c1. The summed E-state index contributed by atoms with van der Waals surface area (Å²) in [6.07, 6.45) is 0. The third-order valence-corrected chi connectivity index (χ3v) is 3.88. The van der Waals surface area contributed by atoms with Gasteiger partial charge in [-0.1, -0.05) is 18.2 Å². The van der Waals surface area contributed by atoms with Crippen LogP contribution in [-0.4, -0.2) is 27.8 Å². The van der Waals surface area contributed by atoms with Gasteiger partial charge >= 0.3 is 0 Å². The van der Waals surface area contributed by atoms with E-state index in [1.165, 1.54) is 19.9 Å². The third-order valence-electron chi connectivity index (χ3n) is 3.88. The molecule has 2 aromatic carbocycles. The Morgan fingerprint density at radius 1 is 0.759 bits per heavy atom. The van der Waals surface area contributed by atoms with Crippen molar-refractivity contribution in [2.24, 2.45) is 0 Å². The van der Waals surface area contributed by atoms with Crippen LogP contribution in [0.3, 0.4) is 0 Å². The summed E-state index contributed by atoms with van der Waals surface area (Å²) in [7, 11) is 0. The number of carbonyl (C=O) groups excluding carboxylic acids is 3. The fourth-order valence-corrected chi connectivity index (χ4v) is 2.56. The van der Waals surface area contributed by atoms with Crippen molar-refractivity contribution in [2.45, 2.75) is 13.8 Å². The van der Waals surface area contributed by atoms with Crippen LogP contribution in [0.5, 0.6) is 0 Å². The Labute approximate surface area is 167 Å². The predicted molar refractivity (Wildman–Crippen MR) is 110 cm³/mol. The van der Waals surface area contributed by atoms with Gasteiger partial charge in [-0.05, 0) is 49.4 Å². The zero-order valence-electron chi connectivity index (χ0n) is 15.9. The molecular weight excluding hydrogens is 370 g/mol. The number of nitrogens with one attached hydrogen (secondary N) is 3. The molecule has 2 amide bonds. The summed E-state index contributed by atoms with van der Waals surface area (Å²) in [5, 5.41) is 16.3.